The average molecular weight is 485 g/mol. The lowest BCUT2D eigenvalue weighted by atomic mass is 10.0. The molecular weight excluding hydrogens is 464 g/mol. The van der Waals surface area contributed by atoms with Crippen molar-refractivity contribution in [3.05, 3.63) is 65.9 Å². The summed E-state index contributed by atoms with van der Waals surface area (Å²) in [6, 6.07) is 15.9. The van der Waals surface area contributed by atoms with Crippen molar-refractivity contribution in [1.82, 2.24) is 24.5 Å². The second-order valence-electron chi connectivity index (χ2n) is 9.41. The minimum absolute atomic E-state index is 0.189. The lowest BCUT2D eigenvalue weighted by Gasteiger charge is -2.20. The number of aromatic nitrogens is 5. The van der Waals surface area contributed by atoms with Gasteiger partial charge in [-0.3, -0.25) is 9.48 Å². The first-order valence-electron chi connectivity index (χ1n) is 11.5. The number of aliphatic carboxylic acids is 1. The van der Waals surface area contributed by atoms with Crippen molar-refractivity contribution in [3.63, 3.8) is 0 Å². The van der Waals surface area contributed by atoms with Gasteiger partial charge >= 0.3 is 5.97 Å². The van der Waals surface area contributed by atoms with Gasteiger partial charge in [-0.05, 0) is 36.1 Å². The van der Waals surface area contributed by atoms with Crippen molar-refractivity contribution in [1.29, 1.82) is 0 Å². The van der Waals surface area contributed by atoms with Crippen LogP contribution in [0.25, 0.3) is 38.8 Å². The maximum Gasteiger partial charge on any atom is 0.307 e. The molecule has 1 saturated heterocycles. The summed E-state index contributed by atoms with van der Waals surface area (Å²) in [5.74, 6) is 0.461. The fourth-order valence-electron chi connectivity index (χ4n) is 5.65. The highest BCUT2D eigenvalue weighted by molar-refractivity contribution is 6.35. The number of fused-ring (bicyclic) bond motifs is 3. The Kier molecular flexibility index (Phi) is 4.26. The number of carbonyl (C=O) groups is 1. The average Bonchev–Trinajstić information content (AvgIpc) is 3.18. The monoisotopic (exact) mass is 484 g/mol. The molecule has 1 saturated carbocycles. The molecule has 2 fully saturated rings. The Morgan fingerprint density at radius 3 is 2.57 bits per heavy atom. The van der Waals surface area contributed by atoms with Gasteiger partial charge in [-0.1, -0.05) is 35.9 Å². The van der Waals surface area contributed by atoms with E-state index in [-0.39, 0.29) is 17.8 Å². The number of halogens is 1. The summed E-state index contributed by atoms with van der Waals surface area (Å²) in [5, 5.41) is 21.4. The summed E-state index contributed by atoms with van der Waals surface area (Å²) in [7, 11) is 1.91. The highest BCUT2D eigenvalue weighted by Crippen LogP contribution is 2.52. The number of piperidine rings is 1. The van der Waals surface area contributed by atoms with Crippen LogP contribution in [-0.2, 0) is 11.8 Å². The first-order chi connectivity index (χ1) is 17.0. The lowest BCUT2D eigenvalue weighted by molar-refractivity contribution is -0.139. The zero-order valence-electron chi connectivity index (χ0n) is 18.8. The molecule has 4 heterocycles. The maximum absolute atomic E-state index is 11.3. The second kappa shape index (κ2) is 7.29. The van der Waals surface area contributed by atoms with Gasteiger partial charge in [-0.25, -0.2) is 9.67 Å². The molecule has 3 aromatic heterocycles. The molecule has 8 nitrogen and oxygen atoms in total. The molecule has 2 aromatic carbocycles. The van der Waals surface area contributed by atoms with Gasteiger partial charge in [-0.15, -0.1) is 0 Å². The first kappa shape index (κ1) is 20.5. The van der Waals surface area contributed by atoms with E-state index in [1.54, 1.807) is 6.20 Å². The number of carboxylic acids is 1. The predicted molar refractivity (Wildman–Crippen MR) is 134 cm³/mol. The molecule has 2 unspecified atom stereocenters. The van der Waals surface area contributed by atoms with E-state index >= 15 is 0 Å². The van der Waals surface area contributed by atoms with Gasteiger partial charge in [-0.2, -0.15) is 10.2 Å². The number of pyridine rings is 1. The largest absolute Gasteiger partial charge is 0.481 e. The Bertz CT molecular complexity index is 1630. The van der Waals surface area contributed by atoms with Gasteiger partial charge < -0.3 is 10.0 Å². The van der Waals surface area contributed by atoms with E-state index in [0.717, 1.165) is 57.7 Å². The third-order valence-electron chi connectivity index (χ3n) is 7.35. The predicted octanol–water partition coefficient (Wildman–Crippen LogP) is 4.39. The molecule has 0 amide bonds. The summed E-state index contributed by atoms with van der Waals surface area (Å²) >= 11 is 6.68. The third-order valence-corrected chi connectivity index (χ3v) is 7.66. The van der Waals surface area contributed by atoms with Gasteiger partial charge in [0.1, 0.15) is 11.5 Å². The number of hydrogen-bond donors (Lipinski definition) is 1. The summed E-state index contributed by atoms with van der Waals surface area (Å²) in [6.45, 7) is 1.48. The fourth-order valence-corrected chi connectivity index (χ4v) is 5.90. The van der Waals surface area contributed by atoms with Crippen molar-refractivity contribution in [2.45, 2.75) is 0 Å². The van der Waals surface area contributed by atoms with Crippen LogP contribution in [0.2, 0.25) is 5.02 Å². The summed E-state index contributed by atoms with van der Waals surface area (Å²) in [6.07, 6.45) is 3.81. The van der Waals surface area contributed by atoms with Crippen LogP contribution in [-0.4, -0.2) is 48.7 Å². The van der Waals surface area contributed by atoms with E-state index in [1.165, 1.54) is 0 Å². The zero-order chi connectivity index (χ0) is 23.8. The number of anilines is 1. The van der Waals surface area contributed by atoms with Crippen molar-refractivity contribution in [2.75, 3.05) is 18.0 Å². The summed E-state index contributed by atoms with van der Waals surface area (Å²) < 4.78 is 3.66. The molecule has 174 valence electrons. The molecular formula is C26H21ClN6O2. The van der Waals surface area contributed by atoms with Gasteiger partial charge in [0.15, 0.2) is 0 Å². The van der Waals surface area contributed by atoms with Crippen molar-refractivity contribution in [2.24, 2.45) is 24.8 Å². The minimum Gasteiger partial charge on any atom is -0.481 e. The van der Waals surface area contributed by atoms with Gasteiger partial charge in [0, 0.05) is 42.7 Å². The molecule has 5 aromatic rings. The number of carboxylic acid groups (broad SMARTS) is 1. The number of para-hydroxylation sites is 1. The molecule has 0 bridgehead atoms. The third kappa shape index (κ3) is 3.06. The van der Waals surface area contributed by atoms with E-state index in [9.17, 15) is 9.90 Å². The molecule has 7 rings (SSSR count). The highest BCUT2D eigenvalue weighted by Gasteiger charge is 2.60. The second-order valence-corrected chi connectivity index (χ2v) is 9.82. The highest BCUT2D eigenvalue weighted by atomic mass is 35.5. The molecule has 2 atom stereocenters. The fraction of sp³-hybridized carbons (Fsp3) is 0.231. The number of aryl methyl sites for hydroxylation is 1. The Morgan fingerprint density at radius 1 is 1.03 bits per heavy atom. The van der Waals surface area contributed by atoms with Crippen LogP contribution in [0.3, 0.4) is 0 Å². The van der Waals surface area contributed by atoms with E-state index in [1.807, 2.05) is 65.1 Å². The normalized spacial score (nSPS) is 21.1. The quantitative estimate of drug-likeness (QED) is 0.407. The van der Waals surface area contributed by atoms with Crippen molar-refractivity contribution < 1.29 is 9.90 Å². The van der Waals surface area contributed by atoms with Crippen LogP contribution < -0.4 is 4.90 Å². The van der Waals surface area contributed by atoms with Crippen LogP contribution in [0, 0.1) is 17.8 Å². The van der Waals surface area contributed by atoms with E-state index in [2.05, 4.69) is 16.1 Å². The summed E-state index contributed by atoms with van der Waals surface area (Å²) in [4.78, 5) is 18.1. The maximum atomic E-state index is 11.3. The Balaban J connectivity index is 1.29. The zero-order valence-corrected chi connectivity index (χ0v) is 19.6. The minimum atomic E-state index is -0.678. The van der Waals surface area contributed by atoms with E-state index in [4.69, 9.17) is 21.7 Å². The molecule has 1 aliphatic heterocycles. The number of nitrogens with zero attached hydrogens (tertiary/aromatic N) is 6. The first-order valence-corrected chi connectivity index (χ1v) is 11.9. The van der Waals surface area contributed by atoms with Crippen LogP contribution in [0.1, 0.15) is 0 Å². The van der Waals surface area contributed by atoms with Gasteiger partial charge in [0.05, 0.1) is 33.9 Å². The van der Waals surface area contributed by atoms with Gasteiger partial charge in [0.2, 0.25) is 0 Å². The SMILES string of the molecule is Cn1cc2c(-c3nn(-c4ccc(N5CC6C(C5)C6C(=O)O)nc4)c4c(Cl)cccc34)cccc2n1. The Labute approximate surface area is 205 Å². The molecule has 35 heavy (non-hydrogen) atoms. The standard InChI is InChI=1S/C26H21ClN6O2/c1-31-11-17-15(4-3-7-21(17)29-31)24-16-5-2-6-20(27)25(16)33(30-24)14-8-9-22(28-10-14)32-12-18-19(13-32)23(18)26(34)35/h2-11,18-19,23H,12-13H2,1H3,(H,34,35). The number of hydrogen-bond acceptors (Lipinski definition) is 5. The van der Waals surface area contributed by atoms with Crippen molar-refractivity contribution in [3.8, 4) is 16.9 Å². The van der Waals surface area contributed by atoms with Crippen molar-refractivity contribution >= 4 is 45.2 Å². The van der Waals surface area contributed by atoms with Crippen LogP contribution in [0.15, 0.2) is 60.9 Å². The van der Waals surface area contributed by atoms with Crippen LogP contribution >= 0.6 is 11.6 Å². The molecule has 0 spiro atoms. The topological polar surface area (TPSA) is 89.1 Å². The smallest absolute Gasteiger partial charge is 0.307 e. The van der Waals surface area contributed by atoms with Crippen LogP contribution in [0.4, 0.5) is 5.82 Å². The summed E-state index contributed by atoms with van der Waals surface area (Å²) in [5.41, 5.74) is 4.38. The number of rotatable bonds is 4. The molecule has 1 aliphatic carbocycles. The van der Waals surface area contributed by atoms with E-state index in [0.29, 0.717) is 5.02 Å². The Morgan fingerprint density at radius 2 is 1.83 bits per heavy atom. The molecule has 0 radical (unpaired) electrons. The van der Waals surface area contributed by atoms with Gasteiger partial charge in [0.25, 0.3) is 0 Å². The van der Waals surface area contributed by atoms with Crippen LogP contribution in [0.5, 0.6) is 0 Å². The lowest BCUT2D eigenvalue weighted by Crippen LogP contribution is -2.26. The molecule has 2 aliphatic rings. The van der Waals surface area contributed by atoms with E-state index < -0.39 is 5.97 Å². The Hall–Kier alpha value is -3.91. The number of benzene rings is 2. The molecule has 1 N–H and O–H groups in total. The molecule has 9 heteroatoms.